The van der Waals surface area contributed by atoms with Gasteiger partial charge in [0.1, 0.15) is 0 Å². The van der Waals surface area contributed by atoms with E-state index in [4.69, 9.17) is 0 Å². The largest absolute Gasteiger partial charge is 0.352 e. The molecule has 0 aliphatic carbocycles. The molecule has 2 fully saturated rings. The SMILES string of the molecule is O=C(NC1CCS(=O)C1)C1CCNC1. The van der Waals surface area contributed by atoms with Gasteiger partial charge in [0.15, 0.2) is 0 Å². The predicted octanol–water partition coefficient (Wildman–Crippen LogP) is -0.767. The van der Waals surface area contributed by atoms with Gasteiger partial charge in [0.05, 0.1) is 5.92 Å². The molecule has 3 unspecified atom stereocenters. The van der Waals surface area contributed by atoms with Crippen LogP contribution in [0.4, 0.5) is 0 Å². The summed E-state index contributed by atoms with van der Waals surface area (Å²) in [7, 11) is -0.701. The molecule has 1 amide bonds. The highest BCUT2D eigenvalue weighted by molar-refractivity contribution is 7.85. The van der Waals surface area contributed by atoms with Crippen LogP contribution in [-0.2, 0) is 15.6 Å². The fraction of sp³-hybridized carbons (Fsp3) is 0.889. The van der Waals surface area contributed by atoms with E-state index in [9.17, 15) is 9.00 Å². The second-order valence-electron chi connectivity index (χ2n) is 3.99. The molecule has 2 N–H and O–H groups in total. The van der Waals surface area contributed by atoms with Gasteiger partial charge in [0, 0.05) is 34.9 Å². The molecule has 0 spiro atoms. The van der Waals surface area contributed by atoms with E-state index in [1.54, 1.807) is 0 Å². The Labute approximate surface area is 86.3 Å². The number of rotatable bonds is 2. The molecule has 2 aliphatic rings. The van der Waals surface area contributed by atoms with Crippen LogP contribution >= 0.6 is 0 Å². The maximum atomic E-state index is 11.7. The van der Waals surface area contributed by atoms with Crippen molar-refractivity contribution in [3.8, 4) is 0 Å². The molecular weight excluding hydrogens is 200 g/mol. The Morgan fingerprint density at radius 1 is 1.43 bits per heavy atom. The summed E-state index contributed by atoms with van der Waals surface area (Å²) in [6, 6.07) is 0.156. The minimum atomic E-state index is -0.701. The smallest absolute Gasteiger partial charge is 0.224 e. The zero-order chi connectivity index (χ0) is 9.97. The Morgan fingerprint density at radius 2 is 2.29 bits per heavy atom. The van der Waals surface area contributed by atoms with Gasteiger partial charge in [-0.25, -0.2) is 0 Å². The van der Waals surface area contributed by atoms with E-state index in [1.807, 2.05) is 0 Å². The lowest BCUT2D eigenvalue weighted by Gasteiger charge is -2.14. The van der Waals surface area contributed by atoms with Crippen molar-refractivity contribution in [2.24, 2.45) is 5.92 Å². The molecule has 2 aliphatic heterocycles. The predicted molar refractivity (Wildman–Crippen MR) is 55.4 cm³/mol. The van der Waals surface area contributed by atoms with Gasteiger partial charge in [0.2, 0.25) is 5.91 Å². The monoisotopic (exact) mass is 216 g/mol. The summed E-state index contributed by atoms with van der Waals surface area (Å²) in [6.45, 7) is 1.73. The molecule has 3 atom stereocenters. The van der Waals surface area contributed by atoms with Crippen molar-refractivity contribution < 1.29 is 9.00 Å². The number of hydrogen-bond donors (Lipinski definition) is 2. The zero-order valence-corrected chi connectivity index (χ0v) is 8.94. The van der Waals surface area contributed by atoms with Crippen LogP contribution in [0.15, 0.2) is 0 Å². The van der Waals surface area contributed by atoms with E-state index in [-0.39, 0.29) is 17.9 Å². The van der Waals surface area contributed by atoms with Gasteiger partial charge in [-0.3, -0.25) is 9.00 Å². The lowest BCUT2D eigenvalue weighted by atomic mass is 10.1. The quantitative estimate of drug-likeness (QED) is 0.637. The van der Waals surface area contributed by atoms with Gasteiger partial charge in [-0.2, -0.15) is 0 Å². The van der Waals surface area contributed by atoms with Crippen molar-refractivity contribution in [3.05, 3.63) is 0 Å². The molecule has 80 valence electrons. The topological polar surface area (TPSA) is 58.2 Å². The first-order valence-corrected chi connectivity index (χ1v) is 6.60. The van der Waals surface area contributed by atoms with Crippen molar-refractivity contribution in [2.75, 3.05) is 24.6 Å². The number of nitrogens with one attached hydrogen (secondary N) is 2. The van der Waals surface area contributed by atoms with Crippen LogP contribution in [0.25, 0.3) is 0 Å². The highest BCUT2D eigenvalue weighted by Gasteiger charge is 2.27. The highest BCUT2D eigenvalue weighted by Crippen LogP contribution is 2.11. The van der Waals surface area contributed by atoms with Crippen LogP contribution in [-0.4, -0.2) is 40.8 Å². The standard InChI is InChI=1S/C9H16N2O2S/c12-9(7-1-3-10-5-7)11-8-2-4-14(13)6-8/h7-8,10H,1-6H2,(H,11,12). The third-order valence-corrected chi connectivity index (χ3v) is 4.32. The average molecular weight is 216 g/mol. The molecule has 2 rings (SSSR count). The fourth-order valence-corrected chi connectivity index (χ4v) is 3.39. The van der Waals surface area contributed by atoms with Gasteiger partial charge in [-0.1, -0.05) is 0 Å². The summed E-state index contributed by atoms with van der Waals surface area (Å²) < 4.78 is 11.1. The lowest BCUT2D eigenvalue weighted by Crippen LogP contribution is -2.39. The second-order valence-corrected chi connectivity index (χ2v) is 5.62. The van der Waals surface area contributed by atoms with E-state index in [1.165, 1.54) is 0 Å². The third kappa shape index (κ3) is 2.33. The van der Waals surface area contributed by atoms with Crippen LogP contribution in [0, 0.1) is 5.92 Å². The van der Waals surface area contributed by atoms with Gasteiger partial charge >= 0.3 is 0 Å². The first-order valence-electron chi connectivity index (χ1n) is 5.12. The molecule has 14 heavy (non-hydrogen) atoms. The molecule has 0 radical (unpaired) electrons. The van der Waals surface area contributed by atoms with E-state index in [0.29, 0.717) is 5.75 Å². The number of carbonyl (C=O) groups excluding carboxylic acids is 1. The first kappa shape index (κ1) is 10.1. The summed E-state index contributed by atoms with van der Waals surface area (Å²) in [6.07, 6.45) is 1.81. The van der Waals surface area contributed by atoms with E-state index < -0.39 is 10.8 Å². The van der Waals surface area contributed by atoms with E-state index >= 15 is 0 Å². The van der Waals surface area contributed by atoms with Crippen molar-refractivity contribution >= 4 is 16.7 Å². The Morgan fingerprint density at radius 3 is 2.86 bits per heavy atom. The summed E-state index contributed by atoms with van der Waals surface area (Å²) in [5.74, 6) is 1.66. The summed E-state index contributed by atoms with van der Waals surface area (Å²) >= 11 is 0. The molecular formula is C9H16N2O2S. The number of amides is 1. The lowest BCUT2D eigenvalue weighted by molar-refractivity contribution is -0.124. The highest BCUT2D eigenvalue weighted by atomic mass is 32.2. The Bertz CT molecular complexity index is 251. The van der Waals surface area contributed by atoms with Gasteiger partial charge < -0.3 is 10.6 Å². The van der Waals surface area contributed by atoms with Crippen LogP contribution in [0.2, 0.25) is 0 Å². The Hall–Kier alpha value is -0.420. The van der Waals surface area contributed by atoms with Crippen LogP contribution in [0.1, 0.15) is 12.8 Å². The molecule has 0 saturated carbocycles. The van der Waals surface area contributed by atoms with Gasteiger partial charge in [-0.05, 0) is 19.4 Å². The van der Waals surface area contributed by atoms with E-state index in [0.717, 1.165) is 31.7 Å². The summed E-state index contributed by atoms with van der Waals surface area (Å²) in [5.41, 5.74) is 0. The average Bonchev–Trinajstić information content (AvgIpc) is 2.75. The molecule has 0 aromatic carbocycles. The fourth-order valence-electron chi connectivity index (χ4n) is 1.98. The molecule has 2 heterocycles. The number of carbonyl (C=O) groups is 1. The maximum absolute atomic E-state index is 11.7. The zero-order valence-electron chi connectivity index (χ0n) is 8.12. The molecule has 0 bridgehead atoms. The number of hydrogen-bond acceptors (Lipinski definition) is 3. The minimum Gasteiger partial charge on any atom is -0.352 e. The van der Waals surface area contributed by atoms with Gasteiger partial charge in [-0.15, -0.1) is 0 Å². The molecule has 5 heteroatoms. The summed E-state index contributed by atoms with van der Waals surface area (Å²) in [4.78, 5) is 11.7. The van der Waals surface area contributed by atoms with Crippen molar-refractivity contribution in [2.45, 2.75) is 18.9 Å². The maximum Gasteiger partial charge on any atom is 0.224 e. The van der Waals surface area contributed by atoms with Crippen LogP contribution < -0.4 is 10.6 Å². The second kappa shape index (κ2) is 4.40. The van der Waals surface area contributed by atoms with Crippen molar-refractivity contribution in [1.82, 2.24) is 10.6 Å². The van der Waals surface area contributed by atoms with E-state index in [2.05, 4.69) is 10.6 Å². The molecule has 0 aromatic heterocycles. The van der Waals surface area contributed by atoms with Crippen LogP contribution in [0.5, 0.6) is 0 Å². The molecule has 4 nitrogen and oxygen atoms in total. The molecule has 0 aromatic rings. The summed E-state index contributed by atoms with van der Waals surface area (Å²) in [5, 5.41) is 6.15. The van der Waals surface area contributed by atoms with Crippen molar-refractivity contribution in [3.63, 3.8) is 0 Å². The van der Waals surface area contributed by atoms with Crippen LogP contribution in [0.3, 0.4) is 0 Å². The Balaban J connectivity index is 1.79. The van der Waals surface area contributed by atoms with Crippen molar-refractivity contribution in [1.29, 1.82) is 0 Å². The third-order valence-electron chi connectivity index (χ3n) is 2.86. The minimum absolute atomic E-state index is 0.129. The first-order chi connectivity index (χ1) is 6.75. The molecule has 2 saturated heterocycles. The Kier molecular flexibility index (Phi) is 3.18. The normalized spacial score (nSPS) is 37.3. The van der Waals surface area contributed by atoms with Gasteiger partial charge in [0.25, 0.3) is 0 Å².